The van der Waals surface area contributed by atoms with E-state index in [9.17, 15) is 8.42 Å². The summed E-state index contributed by atoms with van der Waals surface area (Å²) < 4.78 is 29.6. The molecule has 0 aliphatic carbocycles. The fraction of sp³-hybridized carbons (Fsp3) is 0.316. The highest BCUT2D eigenvalue weighted by Crippen LogP contribution is 2.21. The van der Waals surface area contributed by atoms with Gasteiger partial charge in [0.15, 0.2) is 0 Å². The number of aromatic nitrogens is 2. The molecule has 0 spiro atoms. The lowest BCUT2D eigenvalue weighted by molar-refractivity contribution is 0.532. The van der Waals surface area contributed by atoms with Crippen molar-refractivity contribution in [3.8, 4) is 0 Å². The van der Waals surface area contributed by atoms with Crippen LogP contribution in [0.4, 0.5) is 0 Å². The Morgan fingerprint density at radius 1 is 1.23 bits per heavy atom. The summed E-state index contributed by atoms with van der Waals surface area (Å²) in [6.45, 7) is 5.51. The monoisotopic (exact) mass is 391 g/mol. The molecule has 2 aromatic heterocycles. The van der Waals surface area contributed by atoms with Crippen molar-refractivity contribution in [1.82, 2.24) is 14.3 Å². The number of fused-ring (bicyclic) bond motifs is 1. The number of halogens is 1. The van der Waals surface area contributed by atoms with E-state index < -0.39 is 10.0 Å². The van der Waals surface area contributed by atoms with Crippen molar-refractivity contribution in [2.75, 3.05) is 6.54 Å². The van der Waals surface area contributed by atoms with Gasteiger partial charge in [-0.15, -0.1) is 0 Å². The summed E-state index contributed by atoms with van der Waals surface area (Å²) in [6.07, 6.45) is 4.45. The first kappa shape index (κ1) is 18.9. The lowest BCUT2D eigenvalue weighted by Gasteiger charge is -2.07. The number of hydrogen-bond acceptors (Lipinski definition) is 3. The van der Waals surface area contributed by atoms with Crippen molar-refractivity contribution < 1.29 is 8.42 Å². The fourth-order valence-electron chi connectivity index (χ4n) is 2.96. The second kappa shape index (κ2) is 7.78. The lowest BCUT2D eigenvalue weighted by atomic mass is 10.2. The van der Waals surface area contributed by atoms with Crippen LogP contribution < -0.4 is 4.72 Å². The molecule has 0 aliphatic rings. The van der Waals surface area contributed by atoms with Gasteiger partial charge in [-0.2, -0.15) is 0 Å². The number of nitrogens with one attached hydrogen (secondary N) is 1. The minimum absolute atomic E-state index is 0.175. The molecule has 2 heterocycles. The van der Waals surface area contributed by atoms with Crippen LogP contribution in [0.2, 0.25) is 5.02 Å². The predicted octanol–water partition coefficient (Wildman–Crippen LogP) is 3.87. The molecule has 1 N–H and O–H groups in total. The van der Waals surface area contributed by atoms with Crippen molar-refractivity contribution in [2.45, 2.75) is 31.7 Å². The third-order valence-corrected chi connectivity index (χ3v) is 5.76. The minimum atomic E-state index is -3.58. The second-order valence-corrected chi connectivity index (χ2v) is 8.88. The number of sulfonamides is 1. The molecule has 138 valence electrons. The third kappa shape index (κ3) is 4.26. The van der Waals surface area contributed by atoms with Gasteiger partial charge in [-0.25, -0.2) is 18.1 Å². The number of rotatable bonds is 7. The Kier molecular flexibility index (Phi) is 5.65. The maximum atomic E-state index is 12.4. The summed E-state index contributed by atoms with van der Waals surface area (Å²) in [5, 5.41) is 1.46. The summed E-state index contributed by atoms with van der Waals surface area (Å²) in [7, 11) is -3.58. The van der Waals surface area contributed by atoms with Crippen LogP contribution in [0.25, 0.3) is 11.0 Å². The van der Waals surface area contributed by atoms with Gasteiger partial charge in [0.1, 0.15) is 5.65 Å². The maximum absolute atomic E-state index is 12.4. The highest BCUT2D eigenvalue weighted by atomic mass is 35.5. The van der Waals surface area contributed by atoms with Crippen LogP contribution >= 0.6 is 11.6 Å². The molecule has 0 bridgehead atoms. The average Bonchev–Trinajstić information content (AvgIpc) is 2.92. The quantitative estimate of drug-likeness (QED) is 0.665. The first-order chi connectivity index (χ1) is 12.4. The van der Waals surface area contributed by atoms with Gasteiger partial charge in [0.25, 0.3) is 0 Å². The summed E-state index contributed by atoms with van der Waals surface area (Å²) in [5.74, 6) is 0.502. The van der Waals surface area contributed by atoms with E-state index in [0.717, 1.165) is 23.1 Å². The zero-order valence-electron chi connectivity index (χ0n) is 14.8. The summed E-state index contributed by atoms with van der Waals surface area (Å²) >= 11 is 5.89. The van der Waals surface area contributed by atoms with Gasteiger partial charge >= 0.3 is 0 Å². The van der Waals surface area contributed by atoms with Crippen molar-refractivity contribution in [3.05, 3.63) is 59.4 Å². The van der Waals surface area contributed by atoms with E-state index >= 15 is 0 Å². The number of nitrogens with zero attached hydrogens (tertiary/aromatic N) is 2. The molecule has 0 saturated heterocycles. The molecule has 3 rings (SSSR count). The average molecular weight is 392 g/mol. The summed E-state index contributed by atoms with van der Waals surface area (Å²) in [5.41, 5.74) is 2.02. The smallest absolute Gasteiger partial charge is 0.240 e. The third-order valence-electron chi connectivity index (χ3n) is 4.07. The topological polar surface area (TPSA) is 64.0 Å². The van der Waals surface area contributed by atoms with E-state index in [1.54, 1.807) is 18.3 Å². The Morgan fingerprint density at radius 2 is 2.04 bits per heavy atom. The molecular weight excluding hydrogens is 370 g/mol. The largest absolute Gasteiger partial charge is 0.332 e. The lowest BCUT2D eigenvalue weighted by Crippen LogP contribution is -2.25. The van der Waals surface area contributed by atoms with Crippen LogP contribution in [0.1, 0.15) is 19.4 Å². The summed E-state index contributed by atoms with van der Waals surface area (Å²) in [6, 6.07) is 10.2. The SMILES string of the molecule is CC(C)Cn1cc(CCNS(=O)(=O)c2cccc(Cl)c2)c2cccnc21. The standard InChI is InChI=1S/C19H22ClN3O2S/c1-14(2)12-23-13-15(18-7-4-9-21-19(18)23)8-10-22-26(24,25)17-6-3-5-16(20)11-17/h3-7,9,11,13-14,22H,8,10,12H2,1-2H3. The minimum Gasteiger partial charge on any atom is -0.332 e. The predicted molar refractivity (Wildman–Crippen MR) is 105 cm³/mol. The second-order valence-electron chi connectivity index (χ2n) is 6.68. The molecule has 7 heteroatoms. The molecule has 1 aromatic carbocycles. The van der Waals surface area contributed by atoms with E-state index in [4.69, 9.17) is 11.6 Å². The van der Waals surface area contributed by atoms with Crippen LogP contribution in [-0.2, 0) is 23.0 Å². The van der Waals surface area contributed by atoms with E-state index in [-0.39, 0.29) is 4.90 Å². The van der Waals surface area contributed by atoms with E-state index in [1.807, 2.05) is 12.1 Å². The Morgan fingerprint density at radius 3 is 2.77 bits per heavy atom. The molecule has 0 radical (unpaired) electrons. The van der Waals surface area contributed by atoms with Crippen LogP contribution in [0.3, 0.4) is 0 Å². The fourth-order valence-corrected chi connectivity index (χ4v) is 4.30. The van der Waals surface area contributed by atoms with Crippen molar-refractivity contribution in [1.29, 1.82) is 0 Å². The van der Waals surface area contributed by atoms with Gasteiger partial charge in [-0.1, -0.05) is 31.5 Å². The van der Waals surface area contributed by atoms with E-state index in [2.05, 4.69) is 34.3 Å². The Bertz CT molecular complexity index is 1010. The van der Waals surface area contributed by atoms with Gasteiger partial charge < -0.3 is 4.57 Å². The van der Waals surface area contributed by atoms with E-state index in [0.29, 0.717) is 23.9 Å². The zero-order valence-corrected chi connectivity index (χ0v) is 16.4. The molecule has 26 heavy (non-hydrogen) atoms. The zero-order chi connectivity index (χ0) is 18.7. The van der Waals surface area contributed by atoms with Gasteiger partial charge in [0, 0.05) is 35.9 Å². The van der Waals surface area contributed by atoms with Crippen LogP contribution in [0.5, 0.6) is 0 Å². The van der Waals surface area contributed by atoms with Gasteiger partial charge in [-0.3, -0.25) is 0 Å². The first-order valence-corrected chi connectivity index (χ1v) is 10.4. The maximum Gasteiger partial charge on any atom is 0.240 e. The van der Waals surface area contributed by atoms with Crippen molar-refractivity contribution in [2.24, 2.45) is 5.92 Å². The molecule has 0 fully saturated rings. The van der Waals surface area contributed by atoms with Gasteiger partial charge in [0.05, 0.1) is 4.90 Å². The molecule has 0 atom stereocenters. The first-order valence-electron chi connectivity index (χ1n) is 8.55. The molecule has 5 nitrogen and oxygen atoms in total. The van der Waals surface area contributed by atoms with Gasteiger partial charge in [0.2, 0.25) is 10.0 Å². The van der Waals surface area contributed by atoms with Crippen LogP contribution in [0.15, 0.2) is 53.7 Å². The number of hydrogen-bond donors (Lipinski definition) is 1. The highest BCUT2D eigenvalue weighted by Gasteiger charge is 2.15. The summed E-state index contributed by atoms with van der Waals surface area (Å²) in [4.78, 5) is 4.65. The molecule has 0 amide bonds. The van der Waals surface area contributed by atoms with Crippen LogP contribution in [-0.4, -0.2) is 24.5 Å². The van der Waals surface area contributed by atoms with Crippen molar-refractivity contribution in [3.63, 3.8) is 0 Å². The molecule has 0 aliphatic heterocycles. The normalized spacial score (nSPS) is 12.2. The van der Waals surface area contributed by atoms with E-state index in [1.165, 1.54) is 12.1 Å². The highest BCUT2D eigenvalue weighted by molar-refractivity contribution is 7.89. The molecule has 0 unspecified atom stereocenters. The number of benzene rings is 1. The van der Waals surface area contributed by atoms with Crippen LogP contribution in [0, 0.1) is 5.92 Å². The van der Waals surface area contributed by atoms with Gasteiger partial charge in [-0.05, 0) is 48.2 Å². The molecule has 3 aromatic rings. The Labute approximate surface area is 159 Å². The Hall–Kier alpha value is -1.89. The Balaban J connectivity index is 1.76. The molecule has 0 saturated carbocycles. The molecular formula is C19H22ClN3O2S. The van der Waals surface area contributed by atoms with Crippen molar-refractivity contribution >= 4 is 32.7 Å². The number of pyridine rings is 1.